The van der Waals surface area contributed by atoms with Crippen LogP contribution in [0, 0.1) is 0 Å². The summed E-state index contributed by atoms with van der Waals surface area (Å²) in [4.78, 5) is 33.7. The predicted octanol–water partition coefficient (Wildman–Crippen LogP) is 7.61. The Balaban J connectivity index is 1.55. The summed E-state index contributed by atoms with van der Waals surface area (Å²) < 4.78 is 39.4. The van der Waals surface area contributed by atoms with Crippen LogP contribution in [0.15, 0.2) is 79.0 Å². The molecule has 222 valence electrons. The summed E-state index contributed by atoms with van der Waals surface area (Å²) >= 11 is 0. The molecule has 0 aliphatic rings. The molecule has 0 fully saturated rings. The van der Waals surface area contributed by atoms with E-state index in [4.69, 9.17) is 0 Å². The van der Waals surface area contributed by atoms with Crippen LogP contribution in [-0.2, 0) is 29.4 Å². The van der Waals surface area contributed by atoms with Crippen LogP contribution in [0.5, 0.6) is 0 Å². The van der Waals surface area contributed by atoms with Gasteiger partial charge in [0.2, 0.25) is 5.91 Å². The number of alkyl halides is 3. The van der Waals surface area contributed by atoms with Gasteiger partial charge in [0.25, 0.3) is 5.91 Å². The molecule has 0 bridgehead atoms. The molecule has 42 heavy (non-hydrogen) atoms. The molecule has 4 rings (SSSR count). The minimum atomic E-state index is -4.44. The van der Waals surface area contributed by atoms with Crippen molar-refractivity contribution >= 4 is 22.7 Å². The minimum Gasteiger partial charge on any atom is -0.361 e. The zero-order chi connectivity index (χ0) is 30.5. The van der Waals surface area contributed by atoms with E-state index in [1.54, 1.807) is 21.9 Å². The highest BCUT2D eigenvalue weighted by Gasteiger charge is 2.30. The number of H-pyrrole nitrogens is 1. The van der Waals surface area contributed by atoms with Crippen molar-refractivity contribution in [3.05, 3.63) is 107 Å². The average Bonchev–Trinajstić information content (AvgIpc) is 3.37. The first-order chi connectivity index (χ1) is 19.9. The van der Waals surface area contributed by atoms with Crippen LogP contribution in [0.2, 0.25) is 0 Å². The number of para-hydroxylation sites is 1. The fourth-order valence-electron chi connectivity index (χ4n) is 4.99. The van der Waals surface area contributed by atoms with Crippen LogP contribution in [0.25, 0.3) is 10.9 Å². The molecular weight excluding hydrogens is 539 g/mol. The van der Waals surface area contributed by atoms with E-state index in [1.807, 2.05) is 49.5 Å². The van der Waals surface area contributed by atoms with Gasteiger partial charge in [-0.3, -0.25) is 9.59 Å². The van der Waals surface area contributed by atoms with Crippen molar-refractivity contribution in [2.75, 3.05) is 19.6 Å². The molecule has 1 N–H and O–H groups in total. The Bertz CT molecular complexity index is 1500. The van der Waals surface area contributed by atoms with Crippen LogP contribution in [0.4, 0.5) is 13.2 Å². The third-order valence-corrected chi connectivity index (χ3v) is 7.44. The molecular formula is C34H38F3N3O2. The van der Waals surface area contributed by atoms with Gasteiger partial charge in [-0.15, -0.1) is 0 Å². The predicted molar refractivity (Wildman–Crippen MR) is 160 cm³/mol. The van der Waals surface area contributed by atoms with Gasteiger partial charge in [-0.25, -0.2) is 0 Å². The Kier molecular flexibility index (Phi) is 9.44. The maximum Gasteiger partial charge on any atom is 0.416 e. The molecule has 0 aliphatic heterocycles. The monoisotopic (exact) mass is 577 g/mol. The van der Waals surface area contributed by atoms with Gasteiger partial charge >= 0.3 is 6.18 Å². The molecule has 0 saturated heterocycles. The smallest absolute Gasteiger partial charge is 0.361 e. The molecule has 0 atom stereocenters. The zero-order valence-electron chi connectivity index (χ0n) is 24.6. The van der Waals surface area contributed by atoms with E-state index in [1.165, 1.54) is 12.1 Å². The maximum absolute atomic E-state index is 13.7. The second-order valence-corrected chi connectivity index (χ2v) is 11.7. The third kappa shape index (κ3) is 7.60. The Morgan fingerprint density at radius 1 is 0.810 bits per heavy atom. The molecule has 0 saturated carbocycles. The van der Waals surface area contributed by atoms with Gasteiger partial charge in [-0.1, -0.05) is 70.2 Å². The standard InChI is InChI=1S/C34H38F3N3O2/c1-5-19-40(32(42)25-12-16-27(17-13-25)33(2,3)4)23-31(41)39(22-24-10-14-28(15-11-24)34(35,36)37)20-18-26-21-38-30-9-7-6-8-29(26)30/h6-17,21,38H,5,18-20,22-23H2,1-4H3. The SMILES string of the molecule is CCCN(CC(=O)N(CCc1c[nH]c2ccccc12)Cc1ccc(C(F)(F)F)cc1)C(=O)c1ccc(C(C)(C)C)cc1. The first-order valence-electron chi connectivity index (χ1n) is 14.3. The van der Waals surface area contributed by atoms with E-state index in [0.717, 1.165) is 34.2 Å². The molecule has 0 radical (unpaired) electrons. The van der Waals surface area contributed by atoms with E-state index in [2.05, 4.69) is 25.8 Å². The highest BCUT2D eigenvalue weighted by atomic mass is 19.4. The van der Waals surface area contributed by atoms with Crippen molar-refractivity contribution in [2.24, 2.45) is 0 Å². The Morgan fingerprint density at radius 2 is 1.45 bits per heavy atom. The van der Waals surface area contributed by atoms with Gasteiger partial charge in [-0.2, -0.15) is 13.2 Å². The van der Waals surface area contributed by atoms with Gasteiger partial charge < -0.3 is 14.8 Å². The van der Waals surface area contributed by atoms with Gasteiger partial charge in [0.05, 0.1) is 5.56 Å². The number of benzene rings is 3. The summed E-state index contributed by atoms with van der Waals surface area (Å²) in [7, 11) is 0. The number of hydrogen-bond acceptors (Lipinski definition) is 2. The normalized spacial score (nSPS) is 12.0. The molecule has 8 heteroatoms. The second kappa shape index (κ2) is 12.8. The molecule has 0 spiro atoms. The highest BCUT2D eigenvalue weighted by molar-refractivity contribution is 5.96. The number of halogens is 3. The van der Waals surface area contributed by atoms with Crippen molar-refractivity contribution in [1.82, 2.24) is 14.8 Å². The maximum atomic E-state index is 13.7. The number of carbonyl (C=O) groups is 2. The number of carbonyl (C=O) groups excluding carboxylic acids is 2. The third-order valence-electron chi connectivity index (χ3n) is 7.44. The lowest BCUT2D eigenvalue weighted by molar-refractivity contribution is -0.137. The van der Waals surface area contributed by atoms with Crippen molar-refractivity contribution in [3.63, 3.8) is 0 Å². The van der Waals surface area contributed by atoms with Gasteiger partial charge in [0.15, 0.2) is 0 Å². The fourth-order valence-corrected chi connectivity index (χ4v) is 4.99. The lowest BCUT2D eigenvalue weighted by Gasteiger charge is -2.28. The lowest BCUT2D eigenvalue weighted by Crippen LogP contribution is -2.43. The topological polar surface area (TPSA) is 56.4 Å². The number of fused-ring (bicyclic) bond motifs is 1. The number of rotatable bonds is 10. The van der Waals surface area contributed by atoms with E-state index in [0.29, 0.717) is 37.1 Å². The highest BCUT2D eigenvalue weighted by Crippen LogP contribution is 2.29. The molecule has 2 amide bonds. The van der Waals surface area contributed by atoms with E-state index in [9.17, 15) is 22.8 Å². The van der Waals surface area contributed by atoms with E-state index < -0.39 is 11.7 Å². The quantitative estimate of drug-likeness (QED) is 0.211. The van der Waals surface area contributed by atoms with Crippen molar-refractivity contribution in [1.29, 1.82) is 0 Å². The molecule has 1 heterocycles. The number of nitrogens with zero attached hydrogens (tertiary/aromatic N) is 2. The summed E-state index contributed by atoms with van der Waals surface area (Å²) in [6.45, 7) is 9.02. The summed E-state index contributed by atoms with van der Waals surface area (Å²) in [5.74, 6) is -0.486. The van der Waals surface area contributed by atoms with Crippen LogP contribution >= 0.6 is 0 Å². The van der Waals surface area contributed by atoms with Crippen molar-refractivity contribution in [3.8, 4) is 0 Å². The number of amides is 2. The van der Waals surface area contributed by atoms with Crippen molar-refractivity contribution < 1.29 is 22.8 Å². The number of aromatic nitrogens is 1. The Morgan fingerprint density at radius 3 is 2.07 bits per heavy atom. The summed E-state index contributed by atoms with van der Waals surface area (Å²) in [5, 5.41) is 1.06. The molecule has 4 aromatic rings. The minimum absolute atomic E-state index is 0.0513. The zero-order valence-corrected chi connectivity index (χ0v) is 24.6. The second-order valence-electron chi connectivity index (χ2n) is 11.7. The molecule has 3 aromatic carbocycles. The molecule has 1 aromatic heterocycles. The number of aromatic amines is 1. The molecule has 0 unspecified atom stereocenters. The lowest BCUT2D eigenvalue weighted by atomic mass is 9.86. The molecule has 0 aliphatic carbocycles. The van der Waals surface area contributed by atoms with Gasteiger partial charge in [0, 0.05) is 42.3 Å². The summed E-state index contributed by atoms with van der Waals surface area (Å²) in [6, 6.07) is 20.2. The van der Waals surface area contributed by atoms with Crippen LogP contribution in [-0.4, -0.2) is 46.2 Å². The largest absolute Gasteiger partial charge is 0.416 e. The fraction of sp³-hybridized carbons (Fsp3) is 0.353. The Hall–Kier alpha value is -4.07. The summed E-state index contributed by atoms with van der Waals surface area (Å²) in [6.07, 6.45) is -1.30. The van der Waals surface area contributed by atoms with Gasteiger partial charge in [-0.05, 0) is 65.3 Å². The summed E-state index contributed by atoms with van der Waals surface area (Å²) in [5.41, 5.74) is 3.45. The van der Waals surface area contributed by atoms with Crippen LogP contribution in [0.1, 0.15) is 66.7 Å². The van der Waals surface area contributed by atoms with Crippen molar-refractivity contribution in [2.45, 2.75) is 58.7 Å². The first kappa shape index (κ1) is 30.9. The van der Waals surface area contributed by atoms with Gasteiger partial charge in [0.1, 0.15) is 6.54 Å². The number of hydrogen-bond donors (Lipinski definition) is 1. The Labute approximate surface area is 245 Å². The average molecular weight is 578 g/mol. The van der Waals surface area contributed by atoms with E-state index >= 15 is 0 Å². The van der Waals surface area contributed by atoms with Crippen LogP contribution in [0.3, 0.4) is 0 Å². The van der Waals surface area contributed by atoms with E-state index in [-0.39, 0.29) is 30.3 Å². The number of nitrogens with one attached hydrogen (secondary N) is 1. The first-order valence-corrected chi connectivity index (χ1v) is 14.3. The molecule has 5 nitrogen and oxygen atoms in total. The van der Waals surface area contributed by atoms with Crippen LogP contribution < -0.4 is 0 Å².